The Hall–Kier alpha value is -1.72. The predicted molar refractivity (Wildman–Crippen MR) is 84.3 cm³/mol. The smallest absolute Gasteiger partial charge is 0.212 e. The summed E-state index contributed by atoms with van der Waals surface area (Å²) in [5.74, 6) is 0.124. The predicted octanol–water partition coefficient (Wildman–Crippen LogP) is 2.69. The van der Waals surface area contributed by atoms with Crippen LogP contribution in [0.1, 0.15) is 30.6 Å². The maximum atomic E-state index is 12.1. The summed E-state index contributed by atoms with van der Waals surface area (Å²) in [6.07, 6.45) is 3.03. The van der Waals surface area contributed by atoms with Gasteiger partial charge in [0, 0.05) is 6.20 Å². The van der Waals surface area contributed by atoms with Crippen molar-refractivity contribution in [3.63, 3.8) is 0 Å². The second-order valence-electron chi connectivity index (χ2n) is 5.00. The van der Waals surface area contributed by atoms with Crippen molar-refractivity contribution >= 4 is 10.0 Å². The van der Waals surface area contributed by atoms with Gasteiger partial charge in [-0.15, -0.1) is 0 Å². The number of aryl methyl sites for hydroxylation is 1. The molecule has 5 heteroatoms. The first-order chi connectivity index (χ1) is 10.1. The van der Waals surface area contributed by atoms with Gasteiger partial charge in [0.05, 0.1) is 17.5 Å². The topological polar surface area (TPSA) is 59.1 Å². The van der Waals surface area contributed by atoms with Crippen molar-refractivity contribution in [3.8, 4) is 0 Å². The van der Waals surface area contributed by atoms with Gasteiger partial charge in [0.2, 0.25) is 10.0 Å². The van der Waals surface area contributed by atoms with Gasteiger partial charge in [0.1, 0.15) is 0 Å². The van der Waals surface area contributed by atoms with Crippen molar-refractivity contribution in [1.29, 1.82) is 0 Å². The zero-order chi connectivity index (χ0) is 15.1. The molecule has 1 heterocycles. The zero-order valence-electron chi connectivity index (χ0n) is 12.1. The van der Waals surface area contributed by atoms with Crippen molar-refractivity contribution in [2.45, 2.75) is 25.8 Å². The monoisotopic (exact) mass is 304 g/mol. The quantitative estimate of drug-likeness (QED) is 0.855. The van der Waals surface area contributed by atoms with Crippen LogP contribution in [-0.2, 0) is 16.4 Å². The molecule has 0 saturated heterocycles. The minimum absolute atomic E-state index is 0.124. The van der Waals surface area contributed by atoms with Crippen molar-refractivity contribution in [2.24, 2.45) is 0 Å². The first kappa shape index (κ1) is 15.7. The van der Waals surface area contributed by atoms with Gasteiger partial charge >= 0.3 is 0 Å². The second kappa shape index (κ2) is 7.33. The van der Waals surface area contributed by atoms with Gasteiger partial charge in [-0.05, 0) is 37.5 Å². The van der Waals surface area contributed by atoms with Gasteiger partial charge in [-0.1, -0.05) is 36.4 Å². The average Bonchev–Trinajstić information content (AvgIpc) is 2.48. The Bertz CT molecular complexity index is 642. The number of benzene rings is 1. The van der Waals surface area contributed by atoms with Crippen LogP contribution in [0.25, 0.3) is 0 Å². The lowest BCUT2D eigenvalue weighted by molar-refractivity contribution is 0.561. The molecule has 4 nitrogen and oxygen atoms in total. The van der Waals surface area contributed by atoms with E-state index in [9.17, 15) is 8.42 Å². The molecule has 2 rings (SSSR count). The van der Waals surface area contributed by atoms with Crippen LogP contribution < -0.4 is 4.72 Å². The molecule has 0 fully saturated rings. The van der Waals surface area contributed by atoms with E-state index in [1.807, 2.05) is 48.5 Å². The second-order valence-corrected chi connectivity index (χ2v) is 6.88. The standard InChI is InChI=1S/C16H20N2O2S/c1-14(16-11-5-6-12-17-16)18-21(19,20)13-7-10-15-8-3-2-4-9-15/h2-6,8-9,11-12,14,18H,7,10,13H2,1H3. The summed E-state index contributed by atoms with van der Waals surface area (Å²) in [5.41, 5.74) is 1.88. The van der Waals surface area contributed by atoms with E-state index in [1.165, 1.54) is 0 Å². The summed E-state index contributed by atoms with van der Waals surface area (Å²) in [6, 6.07) is 15.1. The van der Waals surface area contributed by atoms with E-state index in [1.54, 1.807) is 13.1 Å². The Labute approximate surface area is 126 Å². The van der Waals surface area contributed by atoms with E-state index in [4.69, 9.17) is 0 Å². The fourth-order valence-corrected chi connectivity index (χ4v) is 3.43. The number of pyridine rings is 1. The number of nitrogens with one attached hydrogen (secondary N) is 1. The lowest BCUT2D eigenvalue weighted by Crippen LogP contribution is -2.29. The summed E-state index contributed by atoms with van der Waals surface area (Å²) >= 11 is 0. The molecule has 1 unspecified atom stereocenters. The van der Waals surface area contributed by atoms with Crippen molar-refractivity contribution in [2.75, 3.05) is 5.75 Å². The first-order valence-electron chi connectivity index (χ1n) is 7.02. The van der Waals surface area contributed by atoms with Crippen molar-refractivity contribution in [3.05, 3.63) is 66.0 Å². The summed E-state index contributed by atoms with van der Waals surface area (Å²) in [5, 5.41) is 0. The summed E-state index contributed by atoms with van der Waals surface area (Å²) < 4.78 is 26.8. The third kappa shape index (κ3) is 5.28. The molecule has 112 valence electrons. The molecule has 0 spiro atoms. The molecule has 0 aliphatic rings. The molecule has 0 radical (unpaired) electrons. The van der Waals surface area contributed by atoms with Crippen LogP contribution in [-0.4, -0.2) is 19.2 Å². The normalized spacial score (nSPS) is 13.0. The van der Waals surface area contributed by atoms with Crippen LogP contribution in [0, 0.1) is 0 Å². The number of aromatic nitrogens is 1. The number of rotatable bonds is 7. The lowest BCUT2D eigenvalue weighted by Gasteiger charge is -2.13. The van der Waals surface area contributed by atoms with Gasteiger partial charge in [0.25, 0.3) is 0 Å². The van der Waals surface area contributed by atoms with Gasteiger partial charge < -0.3 is 0 Å². The molecular formula is C16H20N2O2S. The fraction of sp³-hybridized carbons (Fsp3) is 0.312. The Kier molecular flexibility index (Phi) is 5.47. The molecule has 0 saturated carbocycles. The van der Waals surface area contributed by atoms with Crippen LogP contribution in [0.2, 0.25) is 0 Å². The van der Waals surface area contributed by atoms with Gasteiger partial charge in [-0.2, -0.15) is 0 Å². The highest BCUT2D eigenvalue weighted by Gasteiger charge is 2.16. The van der Waals surface area contributed by atoms with E-state index in [-0.39, 0.29) is 11.8 Å². The Morgan fingerprint density at radius 2 is 1.81 bits per heavy atom. The van der Waals surface area contributed by atoms with Gasteiger partial charge in [0.15, 0.2) is 0 Å². The number of nitrogens with zero attached hydrogens (tertiary/aromatic N) is 1. The Morgan fingerprint density at radius 3 is 2.48 bits per heavy atom. The lowest BCUT2D eigenvalue weighted by atomic mass is 10.1. The molecule has 1 atom stereocenters. The highest BCUT2D eigenvalue weighted by molar-refractivity contribution is 7.89. The van der Waals surface area contributed by atoms with E-state index < -0.39 is 10.0 Å². The average molecular weight is 304 g/mol. The molecule has 1 N–H and O–H groups in total. The zero-order valence-corrected chi connectivity index (χ0v) is 12.9. The highest BCUT2D eigenvalue weighted by Crippen LogP contribution is 2.10. The Balaban J connectivity index is 1.85. The maximum Gasteiger partial charge on any atom is 0.212 e. The van der Waals surface area contributed by atoms with E-state index >= 15 is 0 Å². The summed E-state index contributed by atoms with van der Waals surface area (Å²) in [6.45, 7) is 1.80. The molecule has 1 aromatic heterocycles. The maximum absolute atomic E-state index is 12.1. The summed E-state index contributed by atoms with van der Waals surface area (Å²) in [7, 11) is -3.29. The van der Waals surface area contributed by atoms with E-state index in [0.717, 1.165) is 17.7 Å². The molecule has 2 aromatic rings. The molecule has 0 amide bonds. The fourth-order valence-electron chi connectivity index (χ4n) is 2.13. The molecule has 21 heavy (non-hydrogen) atoms. The molecule has 0 bridgehead atoms. The van der Waals surface area contributed by atoms with Crippen LogP contribution >= 0.6 is 0 Å². The minimum atomic E-state index is -3.29. The number of hydrogen-bond acceptors (Lipinski definition) is 3. The summed E-state index contributed by atoms with van der Waals surface area (Å²) in [4.78, 5) is 4.16. The van der Waals surface area contributed by atoms with Crippen molar-refractivity contribution < 1.29 is 8.42 Å². The third-order valence-corrected chi connectivity index (χ3v) is 4.75. The van der Waals surface area contributed by atoms with Gasteiger partial charge in [-0.3, -0.25) is 4.98 Å². The highest BCUT2D eigenvalue weighted by atomic mass is 32.2. The third-order valence-electron chi connectivity index (χ3n) is 3.21. The number of hydrogen-bond donors (Lipinski definition) is 1. The van der Waals surface area contributed by atoms with Crippen LogP contribution in [0.15, 0.2) is 54.7 Å². The minimum Gasteiger partial charge on any atom is -0.260 e. The van der Waals surface area contributed by atoms with Crippen LogP contribution in [0.4, 0.5) is 0 Å². The van der Waals surface area contributed by atoms with Crippen LogP contribution in [0.5, 0.6) is 0 Å². The van der Waals surface area contributed by atoms with E-state index in [0.29, 0.717) is 6.42 Å². The SMILES string of the molecule is CC(NS(=O)(=O)CCCc1ccccc1)c1ccccn1. The molecular weight excluding hydrogens is 284 g/mol. The molecule has 0 aliphatic carbocycles. The molecule has 0 aliphatic heterocycles. The Morgan fingerprint density at radius 1 is 1.10 bits per heavy atom. The largest absolute Gasteiger partial charge is 0.260 e. The van der Waals surface area contributed by atoms with Gasteiger partial charge in [-0.25, -0.2) is 13.1 Å². The first-order valence-corrected chi connectivity index (χ1v) is 8.67. The molecule has 1 aromatic carbocycles. The number of sulfonamides is 1. The van der Waals surface area contributed by atoms with Crippen LogP contribution in [0.3, 0.4) is 0 Å². The van der Waals surface area contributed by atoms with Crippen molar-refractivity contribution in [1.82, 2.24) is 9.71 Å². The van der Waals surface area contributed by atoms with E-state index in [2.05, 4.69) is 9.71 Å².